The monoisotopic (exact) mass is 282 g/mol. The summed E-state index contributed by atoms with van der Waals surface area (Å²) in [5, 5.41) is 4.73. The summed E-state index contributed by atoms with van der Waals surface area (Å²) in [4.78, 5) is 2.87. The van der Waals surface area contributed by atoms with Gasteiger partial charge in [-0.05, 0) is 51.7 Å². The molecule has 2 nitrogen and oxygen atoms in total. The highest BCUT2D eigenvalue weighted by atomic mass is 32.2. The van der Waals surface area contributed by atoms with Crippen LogP contribution in [0.4, 0.5) is 0 Å². The number of piperazine rings is 1. The van der Waals surface area contributed by atoms with Crippen LogP contribution in [0.15, 0.2) is 0 Å². The lowest BCUT2D eigenvalue weighted by atomic mass is 9.86. The molecule has 3 heteroatoms. The van der Waals surface area contributed by atoms with Crippen LogP contribution in [0.25, 0.3) is 0 Å². The Hall–Kier alpha value is 0.270. The van der Waals surface area contributed by atoms with Gasteiger partial charge in [-0.2, -0.15) is 11.8 Å². The van der Waals surface area contributed by atoms with Crippen LogP contribution in [0.3, 0.4) is 0 Å². The van der Waals surface area contributed by atoms with Gasteiger partial charge >= 0.3 is 0 Å². The summed E-state index contributed by atoms with van der Waals surface area (Å²) in [7, 11) is 0. The molecule has 0 radical (unpaired) electrons. The molecule has 2 aliphatic carbocycles. The molecule has 0 spiro atoms. The number of hydrogen-bond acceptors (Lipinski definition) is 3. The van der Waals surface area contributed by atoms with E-state index in [-0.39, 0.29) is 0 Å². The SMILES string of the molecule is CSC1CCCCC1N1CC(C)(C2CC2)NCC1C. The summed E-state index contributed by atoms with van der Waals surface area (Å²) in [6.45, 7) is 7.36. The lowest BCUT2D eigenvalue weighted by molar-refractivity contribution is 0.0345. The van der Waals surface area contributed by atoms with Crippen LogP contribution in [0.5, 0.6) is 0 Å². The van der Waals surface area contributed by atoms with E-state index in [1.807, 2.05) is 0 Å². The molecule has 3 aliphatic rings. The van der Waals surface area contributed by atoms with Gasteiger partial charge in [-0.3, -0.25) is 4.90 Å². The fraction of sp³-hybridized carbons (Fsp3) is 1.00. The molecule has 1 N–H and O–H groups in total. The summed E-state index contributed by atoms with van der Waals surface area (Å²) in [6, 6.07) is 1.54. The number of rotatable bonds is 3. The van der Waals surface area contributed by atoms with Gasteiger partial charge in [-0.1, -0.05) is 12.8 Å². The van der Waals surface area contributed by atoms with Gasteiger partial charge < -0.3 is 5.32 Å². The van der Waals surface area contributed by atoms with Crippen LogP contribution in [-0.4, -0.2) is 47.1 Å². The van der Waals surface area contributed by atoms with E-state index in [0.717, 1.165) is 17.2 Å². The third-order valence-corrected chi connectivity index (χ3v) is 6.91. The molecule has 4 atom stereocenters. The number of hydrogen-bond donors (Lipinski definition) is 1. The molecule has 0 bridgehead atoms. The molecule has 0 aromatic rings. The minimum absolute atomic E-state index is 0.396. The molecule has 1 heterocycles. The second-order valence-electron chi connectivity index (χ2n) is 7.22. The van der Waals surface area contributed by atoms with Gasteiger partial charge in [0, 0.05) is 36.0 Å². The highest BCUT2D eigenvalue weighted by Crippen LogP contribution is 2.43. The van der Waals surface area contributed by atoms with Gasteiger partial charge in [0.15, 0.2) is 0 Å². The first-order valence-corrected chi connectivity index (χ1v) is 9.46. The van der Waals surface area contributed by atoms with Crippen LogP contribution in [0, 0.1) is 5.92 Å². The van der Waals surface area contributed by atoms with Gasteiger partial charge in [0.2, 0.25) is 0 Å². The fourth-order valence-electron chi connectivity index (χ4n) is 4.26. The van der Waals surface area contributed by atoms with E-state index in [9.17, 15) is 0 Å². The van der Waals surface area contributed by atoms with Crippen molar-refractivity contribution in [1.29, 1.82) is 0 Å². The maximum Gasteiger partial charge on any atom is 0.0309 e. The highest BCUT2D eigenvalue weighted by Gasteiger charge is 2.47. The smallest absolute Gasteiger partial charge is 0.0309 e. The minimum atomic E-state index is 0.396. The standard InChI is InChI=1S/C16H30N2S/c1-12-10-17-16(2,13-8-9-13)11-18(12)14-6-4-5-7-15(14)19-3/h12-15,17H,4-11H2,1-3H3. The fourth-order valence-corrected chi connectivity index (χ4v) is 5.27. The largest absolute Gasteiger partial charge is 0.308 e. The van der Waals surface area contributed by atoms with E-state index in [2.05, 4.69) is 42.1 Å². The predicted molar refractivity (Wildman–Crippen MR) is 84.9 cm³/mol. The van der Waals surface area contributed by atoms with Gasteiger partial charge in [-0.15, -0.1) is 0 Å². The molecular formula is C16H30N2S. The van der Waals surface area contributed by atoms with Crippen molar-refractivity contribution in [2.75, 3.05) is 19.3 Å². The Morgan fingerprint density at radius 3 is 2.58 bits per heavy atom. The topological polar surface area (TPSA) is 15.3 Å². The molecule has 1 aliphatic heterocycles. The Labute approximate surface area is 123 Å². The van der Waals surface area contributed by atoms with Crippen LogP contribution in [-0.2, 0) is 0 Å². The summed E-state index contributed by atoms with van der Waals surface area (Å²) in [5.74, 6) is 0.943. The minimum Gasteiger partial charge on any atom is -0.308 e. The predicted octanol–water partition coefficient (Wildman–Crippen LogP) is 3.12. The average molecular weight is 282 g/mol. The van der Waals surface area contributed by atoms with Gasteiger partial charge in [0.05, 0.1) is 0 Å². The third-order valence-electron chi connectivity index (χ3n) is 5.75. The van der Waals surface area contributed by atoms with E-state index < -0.39 is 0 Å². The number of nitrogens with zero attached hydrogens (tertiary/aromatic N) is 1. The zero-order valence-electron chi connectivity index (χ0n) is 12.8. The van der Waals surface area contributed by atoms with Crippen molar-refractivity contribution in [1.82, 2.24) is 10.2 Å². The van der Waals surface area contributed by atoms with Crippen molar-refractivity contribution >= 4 is 11.8 Å². The Morgan fingerprint density at radius 1 is 1.16 bits per heavy atom. The Balaban J connectivity index is 1.73. The van der Waals surface area contributed by atoms with Gasteiger partial charge in [0.25, 0.3) is 0 Å². The van der Waals surface area contributed by atoms with Crippen LogP contribution >= 0.6 is 11.8 Å². The summed E-state index contributed by atoms with van der Waals surface area (Å²) < 4.78 is 0. The van der Waals surface area contributed by atoms with Crippen molar-refractivity contribution in [2.45, 2.75) is 75.2 Å². The molecular weight excluding hydrogens is 252 g/mol. The third kappa shape index (κ3) is 2.84. The maximum atomic E-state index is 3.86. The molecule has 110 valence electrons. The van der Waals surface area contributed by atoms with Crippen molar-refractivity contribution in [3.8, 4) is 0 Å². The van der Waals surface area contributed by atoms with Crippen LogP contribution in [0.2, 0.25) is 0 Å². The maximum absolute atomic E-state index is 3.86. The van der Waals surface area contributed by atoms with Crippen LogP contribution < -0.4 is 5.32 Å². The molecule has 4 unspecified atom stereocenters. The highest BCUT2D eigenvalue weighted by molar-refractivity contribution is 7.99. The molecule has 1 saturated heterocycles. The van der Waals surface area contributed by atoms with Crippen molar-refractivity contribution in [2.24, 2.45) is 5.92 Å². The molecule has 3 rings (SSSR count). The lowest BCUT2D eigenvalue weighted by Crippen LogP contribution is -2.66. The Morgan fingerprint density at radius 2 is 1.89 bits per heavy atom. The first kappa shape index (κ1) is 14.2. The van der Waals surface area contributed by atoms with E-state index in [1.165, 1.54) is 51.6 Å². The molecule has 3 fully saturated rings. The summed E-state index contributed by atoms with van der Waals surface area (Å²) in [5.41, 5.74) is 0.396. The van der Waals surface area contributed by atoms with Crippen molar-refractivity contribution in [3.05, 3.63) is 0 Å². The van der Waals surface area contributed by atoms with E-state index >= 15 is 0 Å². The molecule has 0 amide bonds. The number of thioether (sulfide) groups is 1. The van der Waals surface area contributed by atoms with E-state index in [4.69, 9.17) is 0 Å². The zero-order valence-corrected chi connectivity index (χ0v) is 13.6. The van der Waals surface area contributed by atoms with Crippen LogP contribution in [0.1, 0.15) is 52.4 Å². The van der Waals surface area contributed by atoms with Gasteiger partial charge in [-0.25, -0.2) is 0 Å². The lowest BCUT2D eigenvalue weighted by Gasteiger charge is -2.51. The second-order valence-corrected chi connectivity index (χ2v) is 8.30. The zero-order chi connectivity index (χ0) is 13.5. The molecule has 0 aromatic heterocycles. The molecule has 2 saturated carbocycles. The average Bonchev–Trinajstić information content (AvgIpc) is 3.27. The quantitative estimate of drug-likeness (QED) is 0.856. The van der Waals surface area contributed by atoms with Crippen molar-refractivity contribution in [3.63, 3.8) is 0 Å². The molecule has 19 heavy (non-hydrogen) atoms. The van der Waals surface area contributed by atoms with Crippen molar-refractivity contribution < 1.29 is 0 Å². The molecule has 0 aromatic carbocycles. The first-order chi connectivity index (χ1) is 9.14. The van der Waals surface area contributed by atoms with E-state index in [0.29, 0.717) is 11.6 Å². The van der Waals surface area contributed by atoms with Gasteiger partial charge in [0.1, 0.15) is 0 Å². The number of nitrogens with one attached hydrogen (secondary N) is 1. The first-order valence-electron chi connectivity index (χ1n) is 8.17. The summed E-state index contributed by atoms with van der Waals surface area (Å²) in [6.07, 6.45) is 11.0. The normalized spacial score (nSPS) is 45.3. The second kappa shape index (κ2) is 5.57. The Kier molecular flexibility index (Phi) is 4.17. The Bertz CT molecular complexity index is 318. The van der Waals surface area contributed by atoms with E-state index in [1.54, 1.807) is 0 Å². The summed E-state index contributed by atoms with van der Waals surface area (Å²) >= 11 is 2.11.